The molecule has 0 spiro atoms. The van der Waals surface area contributed by atoms with Gasteiger partial charge in [-0.1, -0.05) is 31.4 Å². The monoisotopic (exact) mass is 253 g/mol. The fourth-order valence-corrected chi connectivity index (χ4v) is 2.79. The smallest absolute Gasteiger partial charge is 0.150 e. The number of nitrogen functional groups attached to an aromatic ring is 1. The molecule has 0 unspecified atom stereocenters. The summed E-state index contributed by atoms with van der Waals surface area (Å²) >= 11 is 5.87. The first-order chi connectivity index (χ1) is 8.15. The van der Waals surface area contributed by atoms with Crippen molar-refractivity contribution < 1.29 is 0 Å². The Morgan fingerprint density at radius 2 is 2.12 bits per heavy atom. The Hall–Kier alpha value is -0.960. The highest BCUT2D eigenvalue weighted by molar-refractivity contribution is 6.29. The van der Waals surface area contributed by atoms with E-state index in [-0.39, 0.29) is 0 Å². The zero-order valence-corrected chi connectivity index (χ0v) is 11.1. The van der Waals surface area contributed by atoms with Crippen LogP contribution in [0.25, 0.3) is 0 Å². The van der Waals surface area contributed by atoms with Crippen molar-refractivity contribution in [3.63, 3.8) is 0 Å². The summed E-state index contributed by atoms with van der Waals surface area (Å²) in [6, 6.07) is 3.51. The topological polar surface area (TPSA) is 50.9 Å². The molecule has 1 heterocycles. The van der Waals surface area contributed by atoms with E-state index < -0.39 is 0 Å². The molecule has 0 amide bonds. The Kier molecular flexibility index (Phi) is 3.77. The average molecular weight is 254 g/mol. The van der Waals surface area contributed by atoms with Gasteiger partial charge in [-0.05, 0) is 36.8 Å². The Morgan fingerprint density at radius 3 is 2.76 bits per heavy atom. The molecule has 0 atom stereocenters. The maximum absolute atomic E-state index is 5.88. The van der Waals surface area contributed by atoms with Crippen LogP contribution in [0.15, 0.2) is 12.1 Å². The second-order valence-corrected chi connectivity index (χ2v) is 5.37. The highest BCUT2D eigenvalue weighted by Crippen LogP contribution is 2.41. The maximum atomic E-state index is 5.88. The van der Waals surface area contributed by atoms with E-state index in [4.69, 9.17) is 17.3 Å². The van der Waals surface area contributed by atoms with Crippen molar-refractivity contribution in [1.29, 1.82) is 0 Å². The Labute approximate surface area is 108 Å². The largest absolute Gasteiger partial charge is 0.396 e. The van der Waals surface area contributed by atoms with Gasteiger partial charge in [-0.25, -0.2) is 4.98 Å². The number of rotatable bonds is 4. The lowest BCUT2D eigenvalue weighted by Gasteiger charge is -2.28. The zero-order valence-electron chi connectivity index (χ0n) is 10.3. The van der Waals surface area contributed by atoms with Crippen LogP contribution in [0.2, 0.25) is 5.15 Å². The Balaban J connectivity index is 2.03. The molecule has 1 aliphatic carbocycles. The van der Waals surface area contributed by atoms with Crippen molar-refractivity contribution in [2.75, 3.05) is 17.6 Å². The summed E-state index contributed by atoms with van der Waals surface area (Å²) in [7, 11) is 0. The molecular formula is C13H20ClN3. The number of pyridine rings is 1. The van der Waals surface area contributed by atoms with E-state index in [1.54, 1.807) is 12.1 Å². The summed E-state index contributed by atoms with van der Waals surface area (Å²) < 4.78 is 0. The fraction of sp³-hybridized carbons (Fsp3) is 0.615. The molecule has 94 valence electrons. The van der Waals surface area contributed by atoms with E-state index in [1.807, 2.05) is 0 Å². The first kappa shape index (κ1) is 12.5. The van der Waals surface area contributed by atoms with Crippen molar-refractivity contribution in [2.24, 2.45) is 5.41 Å². The van der Waals surface area contributed by atoms with E-state index in [0.717, 1.165) is 12.4 Å². The van der Waals surface area contributed by atoms with Gasteiger partial charge in [0.05, 0.1) is 5.69 Å². The van der Waals surface area contributed by atoms with Crippen LogP contribution < -0.4 is 11.1 Å². The Bertz CT molecular complexity index is 386. The normalized spacial score (nSPS) is 18.2. The number of aromatic nitrogens is 1. The van der Waals surface area contributed by atoms with Crippen LogP contribution in [0.4, 0.5) is 11.5 Å². The highest BCUT2D eigenvalue weighted by Gasteiger charge is 2.31. The lowest BCUT2D eigenvalue weighted by molar-refractivity contribution is 0.306. The van der Waals surface area contributed by atoms with Crippen molar-refractivity contribution in [1.82, 2.24) is 4.98 Å². The second-order valence-electron chi connectivity index (χ2n) is 4.99. The van der Waals surface area contributed by atoms with Gasteiger partial charge in [-0.15, -0.1) is 0 Å². The van der Waals surface area contributed by atoms with E-state index in [0.29, 0.717) is 16.3 Å². The standard InChI is InChI=1S/C13H20ClN3/c1-2-13(7-3-4-8-13)9-16-12-10(15)5-6-11(14)17-12/h5-6H,2-4,7-9,15H2,1H3,(H,16,17). The minimum absolute atomic E-state index is 0.427. The van der Waals surface area contributed by atoms with E-state index in [1.165, 1.54) is 32.1 Å². The Morgan fingerprint density at radius 1 is 1.41 bits per heavy atom. The number of halogens is 1. The molecule has 1 saturated carbocycles. The molecule has 1 aromatic heterocycles. The van der Waals surface area contributed by atoms with Gasteiger partial charge in [-0.2, -0.15) is 0 Å². The number of hydrogen-bond donors (Lipinski definition) is 2. The zero-order chi connectivity index (χ0) is 12.3. The van der Waals surface area contributed by atoms with Crippen molar-refractivity contribution >= 4 is 23.1 Å². The third kappa shape index (κ3) is 2.83. The number of nitrogens with one attached hydrogen (secondary N) is 1. The van der Waals surface area contributed by atoms with Crippen LogP contribution >= 0.6 is 11.6 Å². The third-order valence-electron chi connectivity index (χ3n) is 3.94. The van der Waals surface area contributed by atoms with Crippen LogP contribution in [-0.4, -0.2) is 11.5 Å². The predicted molar refractivity (Wildman–Crippen MR) is 73.3 cm³/mol. The summed E-state index contributed by atoms with van der Waals surface area (Å²) in [4.78, 5) is 4.23. The summed E-state index contributed by atoms with van der Waals surface area (Å²) in [5.41, 5.74) is 6.97. The van der Waals surface area contributed by atoms with Gasteiger partial charge in [-0.3, -0.25) is 0 Å². The van der Waals surface area contributed by atoms with Gasteiger partial charge in [0, 0.05) is 6.54 Å². The minimum atomic E-state index is 0.427. The van der Waals surface area contributed by atoms with Crippen LogP contribution in [0, 0.1) is 5.41 Å². The number of hydrogen-bond acceptors (Lipinski definition) is 3. The number of nitrogens with two attached hydrogens (primary N) is 1. The quantitative estimate of drug-likeness (QED) is 0.805. The molecule has 3 N–H and O–H groups in total. The molecule has 0 aliphatic heterocycles. The van der Waals surface area contributed by atoms with Crippen LogP contribution in [0.3, 0.4) is 0 Å². The van der Waals surface area contributed by atoms with Gasteiger partial charge < -0.3 is 11.1 Å². The van der Waals surface area contributed by atoms with E-state index in [2.05, 4.69) is 17.2 Å². The van der Waals surface area contributed by atoms with Crippen molar-refractivity contribution in [2.45, 2.75) is 39.0 Å². The van der Waals surface area contributed by atoms with Gasteiger partial charge in [0.15, 0.2) is 5.82 Å². The lowest BCUT2D eigenvalue weighted by Crippen LogP contribution is -2.26. The summed E-state index contributed by atoms with van der Waals surface area (Å²) in [5.74, 6) is 0.720. The summed E-state index contributed by atoms with van der Waals surface area (Å²) in [6.45, 7) is 3.21. The highest BCUT2D eigenvalue weighted by atomic mass is 35.5. The van der Waals surface area contributed by atoms with Crippen LogP contribution in [0.1, 0.15) is 39.0 Å². The molecule has 2 rings (SSSR count). The second kappa shape index (κ2) is 5.13. The fourth-order valence-electron chi connectivity index (χ4n) is 2.64. The minimum Gasteiger partial charge on any atom is -0.396 e. The molecule has 0 saturated heterocycles. The molecule has 1 fully saturated rings. The summed E-state index contributed by atoms with van der Waals surface area (Å²) in [5, 5.41) is 3.85. The first-order valence-corrected chi connectivity index (χ1v) is 6.69. The third-order valence-corrected chi connectivity index (χ3v) is 4.15. The van der Waals surface area contributed by atoms with Crippen LogP contribution in [-0.2, 0) is 0 Å². The average Bonchev–Trinajstić information content (AvgIpc) is 2.80. The molecule has 3 nitrogen and oxygen atoms in total. The van der Waals surface area contributed by atoms with Crippen molar-refractivity contribution in [3.8, 4) is 0 Å². The number of nitrogens with zero attached hydrogens (tertiary/aromatic N) is 1. The first-order valence-electron chi connectivity index (χ1n) is 6.31. The van der Waals surface area contributed by atoms with Gasteiger partial charge in [0.25, 0.3) is 0 Å². The number of anilines is 2. The predicted octanol–water partition coefficient (Wildman–Crippen LogP) is 3.70. The van der Waals surface area contributed by atoms with E-state index >= 15 is 0 Å². The SMILES string of the molecule is CCC1(CNc2nc(Cl)ccc2N)CCCC1. The molecule has 0 aromatic carbocycles. The van der Waals surface area contributed by atoms with Gasteiger partial charge >= 0.3 is 0 Å². The van der Waals surface area contributed by atoms with Crippen molar-refractivity contribution in [3.05, 3.63) is 17.3 Å². The lowest BCUT2D eigenvalue weighted by atomic mass is 9.83. The van der Waals surface area contributed by atoms with Gasteiger partial charge in [0.2, 0.25) is 0 Å². The molecular weight excluding hydrogens is 234 g/mol. The molecule has 0 radical (unpaired) electrons. The molecule has 17 heavy (non-hydrogen) atoms. The summed E-state index contributed by atoms with van der Waals surface area (Å²) in [6.07, 6.45) is 6.50. The molecule has 4 heteroatoms. The van der Waals surface area contributed by atoms with Gasteiger partial charge in [0.1, 0.15) is 5.15 Å². The molecule has 1 aromatic rings. The molecule has 0 bridgehead atoms. The maximum Gasteiger partial charge on any atom is 0.150 e. The van der Waals surface area contributed by atoms with Crippen LogP contribution in [0.5, 0.6) is 0 Å². The van der Waals surface area contributed by atoms with E-state index in [9.17, 15) is 0 Å². The molecule has 1 aliphatic rings.